The number of nitrogens with one attached hydrogen (secondary N) is 1. The standard InChI is InChI=1S/C17H20N4O3/c22-15(5-4-13-9-20-6-2-1-3-14(20)19-13)21-8-12-7-18-10-17(12,11-21)16(23)24/h1-3,6,9,12,18H,4-5,7-8,10-11H2,(H,23,24)/t12-,17-/m0/s1. The van der Waals surface area contributed by atoms with Gasteiger partial charge in [-0.15, -0.1) is 0 Å². The molecule has 2 aliphatic rings. The van der Waals surface area contributed by atoms with Crippen LogP contribution in [0.15, 0.2) is 30.6 Å². The van der Waals surface area contributed by atoms with E-state index in [9.17, 15) is 14.7 Å². The highest BCUT2D eigenvalue weighted by Gasteiger charge is 2.55. The lowest BCUT2D eigenvalue weighted by atomic mass is 9.81. The smallest absolute Gasteiger partial charge is 0.313 e. The summed E-state index contributed by atoms with van der Waals surface area (Å²) in [4.78, 5) is 30.4. The molecule has 2 N–H and O–H groups in total. The van der Waals surface area contributed by atoms with E-state index in [2.05, 4.69) is 10.3 Å². The molecule has 0 aliphatic carbocycles. The van der Waals surface area contributed by atoms with Crippen LogP contribution in [-0.2, 0) is 16.0 Å². The molecule has 4 heterocycles. The number of aromatic nitrogens is 2. The van der Waals surface area contributed by atoms with Crippen molar-refractivity contribution >= 4 is 17.5 Å². The second-order valence-corrected chi connectivity index (χ2v) is 6.76. The minimum absolute atomic E-state index is 0.00847. The van der Waals surface area contributed by atoms with Crippen LogP contribution in [0, 0.1) is 11.3 Å². The molecule has 24 heavy (non-hydrogen) atoms. The van der Waals surface area contributed by atoms with Crippen LogP contribution in [0.4, 0.5) is 0 Å². The number of carboxylic acid groups (broad SMARTS) is 1. The molecule has 2 fully saturated rings. The van der Waals surface area contributed by atoms with Gasteiger partial charge in [0, 0.05) is 50.9 Å². The lowest BCUT2D eigenvalue weighted by molar-refractivity contribution is -0.148. The van der Waals surface area contributed by atoms with E-state index in [4.69, 9.17) is 0 Å². The number of imidazole rings is 1. The number of aliphatic carboxylic acids is 1. The summed E-state index contributed by atoms with van der Waals surface area (Å²) in [5.41, 5.74) is 0.939. The molecule has 0 bridgehead atoms. The topological polar surface area (TPSA) is 86.9 Å². The van der Waals surface area contributed by atoms with Crippen LogP contribution in [0.1, 0.15) is 12.1 Å². The SMILES string of the molecule is O=C(CCc1cn2ccccc2n1)N1C[C@@H]2CNC[C@]2(C(=O)O)C1. The first-order chi connectivity index (χ1) is 11.6. The van der Waals surface area contributed by atoms with Gasteiger partial charge in [0.05, 0.1) is 5.69 Å². The van der Waals surface area contributed by atoms with Crippen LogP contribution in [-0.4, -0.2) is 57.4 Å². The molecule has 0 aromatic carbocycles. The van der Waals surface area contributed by atoms with Crippen molar-refractivity contribution in [3.05, 3.63) is 36.3 Å². The molecule has 1 amide bonds. The molecule has 2 saturated heterocycles. The first kappa shape index (κ1) is 15.1. The number of rotatable bonds is 4. The Balaban J connectivity index is 1.41. The van der Waals surface area contributed by atoms with Gasteiger partial charge in [-0.1, -0.05) is 6.07 Å². The Morgan fingerprint density at radius 2 is 2.29 bits per heavy atom. The fourth-order valence-corrected chi connectivity index (χ4v) is 3.91. The summed E-state index contributed by atoms with van der Waals surface area (Å²) in [7, 11) is 0. The first-order valence-electron chi connectivity index (χ1n) is 8.23. The molecule has 126 valence electrons. The van der Waals surface area contributed by atoms with Gasteiger partial charge in [-0.05, 0) is 18.6 Å². The van der Waals surface area contributed by atoms with Crippen molar-refractivity contribution in [1.29, 1.82) is 0 Å². The fourth-order valence-electron chi connectivity index (χ4n) is 3.91. The lowest BCUT2D eigenvalue weighted by Crippen LogP contribution is -2.41. The zero-order chi connectivity index (χ0) is 16.7. The van der Waals surface area contributed by atoms with Crippen molar-refractivity contribution in [1.82, 2.24) is 19.6 Å². The Morgan fingerprint density at radius 1 is 1.42 bits per heavy atom. The molecule has 2 aromatic heterocycles. The van der Waals surface area contributed by atoms with E-state index in [1.807, 2.05) is 35.0 Å². The van der Waals surface area contributed by atoms with Gasteiger partial charge in [-0.2, -0.15) is 0 Å². The van der Waals surface area contributed by atoms with Gasteiger partial charge in [0.2, 0.25) is 5.91 Å². The Bertz CT molecular complexity index is 769. The highest BCUT2D eigenvalue weighted by Crippen LogP contribution is 2.39. The molecule has 0 saturated carbocycles. The van der Waals surface area contributed by atoms with Gasteiger partial charge in [0.25, 0.3) is 0 Å². The Kier molecular flexibility index (Phi) is 3.53. The average Bonchev–Trinajstić information content (AvgIpc) is 3.23. The summed E-state index contributed by atoms with van der Waals surface area (Å²) in [6.07, 6.45) is 4.79. The van der Waals surface area contributed by atoms with Crippen LogP contribution in [0.5, 0.6) is 0 Å². The van der Waals surface area contributed by atoms with Crippen LogP contribution in [0.25, 0.3) is 5.65 Å². The van der Waals surface area contributed by atoms with Crippen LogP contribution < -0.4 is 5.32 Å². The minimum Gasteiger partial charge on any atom is -0.481 e. The molecular weight excluding hydrogens is 308 g/mol. The first-order valence-corrected chi connectivity index (χ1v) is 8.23. The number of nitrogens with zero attached hydrogens (tertiary/aromatic N) is 3. The predicted octanol–water partition coefficient (Wildman–Crippen LogP) is 0.399. The Morgan fingerprint density at radius 3 is 3.04 bits per heavy atom. The van der Waals surface area contributed by atoms with Crippen molar-refractivity contribution in [3.8, 4) is 0 Å². The summed E-state index contributed by atoms with van der Waals surface area (Å²) in [6, 6.07) is 5.79. The lowest BCUT2D eigenvalue weighted by Gasteiger charge is -2.22. The van der Waals surface area contributed by atoms with E-state index in [1.54, 1.807) is 4.90 Å². The van der Waals surface area contributed by atoms with Crippen molar-refractivity contribution in [2.24, 2.45) is 11.3 Å². The monoisotopic (exact) mass is 328 g/mol. The molecule has 7 nitrogen and oxygen atoms in total. The summed E-state index contributed by atoms with van der Waals surface area (Å²) in [6.45, 7) is 1.96. The van der Waals surface area contributed by atoms with Crippen LogP contribution >= 0.6 is 0 Å². The van der Waals surface area contributed by atoms with E-state index in [-0.39, 0.29) is 11.8 Å². The van der Waals surface area contributed by atoms with Gasteiger partial charge in [-0.25, -0.2) is 4.98 Å². The van der Waals surface area contributed by atoms with E-state index in [0.29, 0.717) is 39.0 Å². The van der Waals surface area contributed by atoms with Gasteiger partial charge < -0.3 is 19.7 Å². The fraction of sp³-hybridized carbons (Fsp3) is 0.471. The van der Waals surface area contributed by atoms with E-state index in [1.165, 1.54) is 0 Å². The third kappa shape index (κ3) is 2.36. The number of amides is 1. The normalized spacial score (nSPS) is 26.0. The number of carbonyl (C=O) groups is 2. The molecule has 0 spiro atoms. The number of fused-ring (bicyclic) bond motifs is 2. The summed E-state index contributed by atoms with van der Waals surface area (Å²) < 4.78 is 1.94. The maximum absolute atomic E-state index is 12.5. The molecule has 2 aromatic rings. The highest BCUT2D eigenvalue weighted by molar-refractivity contribution is 5.81. The maximum atomic E-state index is 12.5. The molecule has 0 radical (unpaired) electrons. The molecule has 7 heteroatoms. The molecule has 0 unspecified atom stereocenters. The van der Waals surface area contributed by atoms with Crippen molar-refractivity contribution < 1.29 is 14.7 Å². The quantitative estimate of drug-likeness (QED) is 0.848. The van der Waals surface area contributed by atoms with Gasteiger partial charge in [0.1, 0.15) is 11.1 Å². The average molecular weight is 328 g/mol. The molecule has 4 rings (SSSR count). The van der Waals surface area contributed by atoms with Crippen molar-refractivity contribution in [2.75, 3.05) is 26.2 Å². The third-order valence-corrected chi connectivity index (χ3v) is 5.31. The van der Waals surface area contributed by atoms with Crippen LogP contribution in [0.2, 0.25) is 0 Å². The number of aryl methyl sites for hydroxylation is 1. The zero-order valence-electron chi connectivity index (χ0n) is 13.3. The number of hydrogen-bond donors (Lipinski definition) is 2. The second kappa shape index (κ2) is 5.59. The zero-order valence-corrected chi connectivity index (χ0v) is 13.3. The number of carboxylic acids is 1. The van der Waals surface area contributed by atoms with Gasteiger partial charge in [-0.3, -0.25) is 9.59 Å². The summed E-state index contributed by atoms with van der Waals surface area (Å²) in [5, 5.41) is 12.7. The summed E-state index contributed by atoms with van der Waals surface area (Å²) >= 11 is 0. The largest absolute Gasteiger partial charge is 0.481 e. The van der Waals surface area contributed by atoms with E-state index < -0.39 is 11.4 Å². The van der Waals surface area contributed by atoms with E-state index in [0.717, 1.165) is 11.3 Å². The molecular formula is C17H20N4O3. The minimum atomic E-state index is -0.807. The van der Waals surface area contributed by atoms with Crippen molar-refractivity contribution in [3.63, 3.8) is 0 Å². The Labute approximate surface area is 139 Å². The Hall–Kier alpha value is -2.41. The van der Waals surface area contributed by atoms with Crippen LogP contribution in [0.3, 0.4) is 0 Å². The van der Waals surface area contributed by atoms with Gasteiger partial charge >= 0.3 is 5.97 Å². The van der Waals surface area contributed by atoms with Crippen molar-refractivity contribution in [2.45, 2.75) is 12.8 Å². The third-order valence-electron chi connectivity index (χ3n) is 5.31. The number of pyridine rings is 1. The number of hydrogen-bond acceptors (Lipinski definition) is 4. The second-order valence-electron chi connectivity index (χ2n) is 6.76. The van der Waals surface area contributed by atoms with E-state index >= 15 is 0 Å². The predicted molar refractivity (Wildman–Crippen MR) is 86.5 cm³/mol. The highest BCUT2D eigenvalue weighted by atomic mass is 16.4. The molecule has 2 atom stereocenters. The summed E-state index contributed by atoms with van der Waals surface area (Å²) in [5.74, 6) is -0.774. The number of likely N-dealkylation sites (tertiary alicyclic amines) is 1. The number of carbonyl (C=O) groups excluding carboxylic acids is 1. The maximum Gasteiger partial charge on any atom is 0.313 e. The molecule has 2 aliphatic heterocycles. The van der Waals surface area contributed by atoms with Gasteiger partial charge in [0.15, 0.2) is 0 Å².